The van der Waals surface area contributed by atoms with E-state index < -0.39 is 0 Å². The molecule has 1 aliphatic rings. The third kappa shape index (κ3) is 2.96. The van der Waals surface area contributed by atoms with Gasteiger partial charge in [0.05, 0.1) is 18.8 Å². The van der Waals surface area contributed by atoms with Crippen LogP contribution in [0.5, 0.6) is 5.75 Å². The molecule has 1 aromatic rings. The smallest absolute Gasteiger partial charge is 0.165 e. The highest BCUT2D eigenvalue weighted by Gasteiger charge is 2.38. The molecule has 1 atom stereocenters. The lowest BCUT2D eigenvalue weighted by atomic mass is 9.82. The second-order valence-electron chi connectivity index (χ2n) is 5.55. The lowest BCUT2D eigenvalue weighted by Gasteiger charge is -2.37. The summed E-state index contributed by atoms with van der Waals surface area (Å²) in [5.74, 6) is -0.131. The van der Waals surface area contributed by atoms with E-state index in [1.807, 2.05) is 6.07 Å². The van der Waals surface area contributed by atoms with Crippen molar-refractivity contribution in [2.45, 2.75) is 50.2 Å². The normalized spacial score (nSPS) is 20.2. The second-order valence-corrected chi connectivity index (χ2v) is 5.55. The lowest BCUT2D eigenvalue weighted by Crippen LogP contribution is -2.42. The Hall–Kier alpha value is -1.13. The molecule has 1 aromatic carbocycles. The Morgan fingerprint density at radius 1 is 1.15 bits per heavy atom. The lowest BCUT2D eigenvalue weighted by molar-refractivity contribution is -0.0442. The maximum Gasteiger partial charge on any atom is 0.165 e. The van der Waals surface area contributed by atoms with Gasteiger partial charge < -0.3 is 15.2 Å². The molecule has 2 N–H and O–H groups in total. The Morgan fingerprint density at radius 2 is 1.80 bits per heavy atom. The van der Waals surface area contributed by atoms with Crippen LogP contribution in [0.2, 0.25) is 0 Å². The van der Waals surface area contributed by atoms with Gasteiger partial charge in [0.1, 0.15) is 0 Å². The minimum absolute atomic E-state index is 0.244. The van der Waals surface area contributed by atoms with Gasteiger partial charge >= 0.3 is 0 Å². The average molecular weight is 281 g/mol. The molecule has 20 heavy (non-hydrogen) atoms. The third-order valence-corrected chi connectivity index (χ3v) is 4.46. The van der Waals surface area contributed by atoms with E-state index in [-0.39, 0.29) is 23.2 Å². The topological polar surface area (TPSA) is 44.5 Å². The highest BCUT2D eigenvalue weighted by atomic mass is 19.1. The van der Waals surface area contributed by atoms with Crippen LogP contribution in [-0.2, 0) is 4.74 Å². The summed E-state index contributed by atoms with van der Waals surface area (Å²) < 4.78 is 24.6. The van der Waals surface area contributed by atoms with Crippen molar-refractivity contribution in [2.75, 3.05) is 14.2 Å². The van der Waals surface area contributed by atoms with Crippen molar-refractivity contribution in [2.24, 2.45) is 5.73 Å². The van der Waals surface area contributed by atoms with Crippen molar-refractivity contribution in [3.63, 3.8) is 0 Å². The molecule has 0 saturated heterocycles. The van der Waals surface area contributed by atoms with Crippen LogP contribution in [0.15, 0.2) is 18.2 Å². The minimum Gasteiger partial charge on any atom is -0.494 e. The van der Waals surface area contributed by atoms with Crippen molar-refractivity contribution >= 4 is 0 Å². The fourth-order valence-electron chi connectivity index (χ4n) is 3.15. The highest BCUT2D eigenvalue weighted by Crippen LogP contribution is 2.39. The summed E-state index contributed by atoms with van der Waals surface area (Å²) >= 11 is 0. The Morgan fingerprint density at radius 3 is 2.30 bits per heavy atom. The van der Waals surface area contributed by atoms with Gasteiger partial charge in [0.25, 0.3) is 0 Å². The monoisotopic (exact) mass is 281 g/mol. The molecule has 3 nitrogen and oxygen atoms in total. The predicted molar refractivity (Wildman–Crippen MR) is 77.3 cm³/mol. The van der Waals surface area contributed by atoms with E-state index in [4.69, 9.17) is 15.2 Å². The molecule has 0 heterocycles. The van der Waals surface area contributed by atoms with E-state index in [1.165, 1.54) is 26.0 Å². The summed E-state index contributed by atoms with van der Waals surface area (Å²) in [7, 11) is 3.17. The Bertz CT molecular complexity index is 442. The van der Waals surface area contributed by atoms with Gasteiger partial charge in [-0.25, -0.2) is 4.39 Å². The number of hydrogen-bond acceptors (Lipinski definition) is 3. The van der Waals surface area contributed by atoms with Crippen molar-refractivity contribution in [1.29, 1.82) is 0 Å². The molecule has 112 valence electrons. The Kier molecular flexibility index (Phi) is 5.00. The van der Waals surface area contributed by atoms with Crippen molar-refractivity contribution in [1.82, 2.24) is 0 Å². The first kappa shape index (κ1) is 15.3. The number of rotatable bonds is 4. The van der Waals surface area contributed by atoms with Crippen LogP contribution in [0.4, 0.5) is 4.39 Å². The average Bonchev–Trinajstić information content (AvgIpc) is 2.72. The van der Waals surface area contributed by atoms with Crippen molar-refractivity contribution < 1.29 is 13.9 Å². The summed E-state index contributed by atoms with van der Waals surface area (Å²) in [6.45, 7) is 0. The first-order chi connectivity index (χ1) is 9.63. The summed E-state index contributed by atoms with van der Waals surface area (Å²) in [5.41, 5.74) is 6.81. The molecule has 1 saturated carbocycles. The molecule has 4 heteroatoms. The summed E-state index contributed by atoms with van der Waals surface area (Å²) in [5, 5.41) is 0. The van der Waals surface area contributed by atoms with Crippen LogP contribution in [0.3, 0.4) is 0 Å². The molecule has 0 amide bonds. The first-order valence-corrected chi connectivity index (χ1v) is 7.27. The molecule has 0 aromatic heterocycles. The Balaban J connectivity index is 2.27. The van der Waals surface area contributed by atoms with Crippen LogP contribution < -0.4 is 10.5 Å². The predicted octanol–water partition coefficient (Wildman–Crippen LogP) is 3.57. The van der Waals surface area contributed by atoms with Gasteiger partial charge in [-0.15, -0.1) is 0 Å². The molecule has 0 bridgehead atoms. The largest absolute Gasteiger partial charge is 0.494 e. The van der Waals surface area contributed by atoms with Crippen LogP contribution in [0.1, 0.15) is 50.1 Å². The van der Waals surface area contributed by atoms with E-state index in [9.17, 15) is 4.39 Å². The molecule has 1 fully saturated rings. The van der Waals surface area contributed by atoms with Crippen LogP contribution in [-0.4, -0.2) is 19.8 Å². The molecule has 0 radical (unpaired) electrons. The van der Waals surface area contributed by atoms with Gasteiger partial charge in [0.15, 0.2) is 11.6 Å². The Labute approximate surface area is 120 Å². The number of methoxy groups -OCH3 is 2. The van der Waals surface area contributed by atoms with Crippen LogP contribution in [0, 0.1) is 5.82 Å². The molecule has 2 rings (SSSR count). The van der Waals surface area contributed by atoms with E-state index in [1.54, 1.807) is 13.2 Å². The highest BCUT2D eigenvalue weighted by molar-refractivity contribution is 5.32. The summed E-state index contributed by atoms with van der Waals surface area (Å²) in [6, 6.07) is 4.61. The minimum atomic E-state index is -0.377. The van der Waals surface area contributed by atoms with E-state index >= 15 is 0 Å². The number of ether oxygens (including phenoxy) is 2. The SMILES string of the molecule is COc1ccc(C(N)C2(OC)CCCCCC2)cc1F. The number of benzene rings is 1. The molecular weight excluding hydrogens is 257 g/mol. The first-order valence-electron chi connectivity index (χ1n) is 7.27. The fourth-order valence-corrected chi connectivity index (χ4v) is 3.15. The summed E-state index contributed by atoms with van der Waals surface area (Å²) in [4.78, 5) is 0. The maximum absolute atomic E-state index is 13.9. The van der Waals surface area contributed by atoms with Crippen LogP contribution in [0.25, 0.3) is 0 Å². The van der Waals surface area contributed by atoms with E-state index in [0.29, 0.717) is 0 Å². The van der Waals surface area contributed by atoms with Gasteiger partial charge in [-0.3, -0.25) is 0 Å². The van der Waals surface area contributed by atoms with Gasteiger partial charge in [-0.05, 0) is 30.5 Å². The van der Waals surface area contributed by atoms with E-state index in [2.05, 4.69) is 0 Å². The number of nitrogens with two attached hydrogens (primary N) is 1. The quantitative estimate of drug-likeness (QED) is 0.858. The van der Waals surface area contributed by atoms with E-state index in [0.717, 1.165) is 31.2 Å². The van der Waals surface area contributed by atoms with Gasteiger partial charge in [0, 0.05) is 7.11 Å². The van der Waals surface area contributed by atoms with Gasteiger partial charge in [0.2, 0.25) is 0 Å². The molecule has 0 aliphatic heterocycles. The maximum atomic E-state index is 13.9. The molecule has 0 spiro atoms. The standard InChI is InChI=1S/C16H24FNO2/c1-19-14-8-7-12(11-13(14)17)15(18)16(20-2)9-5-3-4-6-10-16/h7-8,11,15H,3-6,9-10,18H2,1-2H3. The van der Waals surface area contributed by atoms with Crippen molar-refractivity contribution in [3.8, 4) is 5.75 Å². The summed E-state index contributed by atoms with van der Waals surface area (Å²) in [6.07, 6.45) is 6.51. The fraction of sp³-hybridized carbons (Fsp3) is 0.625. The third-order valence-electron chi connectivity index (χ3n) is 4.46. The van der Waals surface area contributed by atoms with Gasteiger partial charge in [-0.2, -0.15) is 0 Å². The zero-order valence-corrected chi connectivity index (χ0v) is 12.3. The zero-order chi connectivity index (χ0) is 14.6. The molecular formula is C16H24FNO2. The molecule has 1 aliphatic carbocycles. The number of halogens is 1. The molecule has 1 unspecified atom stereocenters. The van der Waals surface area contributed by atoms with Crippen LogP contribution >= 0.6 is 0 Å². The zero-order valence-electron chi connectivity index (χ0n) is 12.3. The van der Waals surface area contributed by atoms with Gasteiger partial charge in [-0.1, -0.05) is 31.7 Å². The van der Waals surface area contributed by atoms with Crippen molar-refractivity contribution in [3.05, 3.63) is 29.6 Å². The second kappa shape index (κ2) is 6.55. The number of hydrogen-bond donors (Lipinski definition) is 1.